The minimum absolute atomic E-state index is 0.0752. The second-order valence-corrected chi connectivity index (χ2v) is 4.95. The number of hydrogen-bond acceptors (Lipinski definition) is 3. The fourth-order valence-corrected chi connectivity index (χ4v) is 2.82. The minimum atomic E-state index is -1.30. The highest BCUT2D eigenvalue weighted by Gasteiger charge is 2.49. The molecule has 0 bridgehead atoms. The van der Waals surface area contributed by atoms with E-state index >= 15 is 0 Å². The average molecular weight is 305 g/mol. The number of carboxylic acid groups (broad SMARTS) is 1. The van der Waals surface area contributed by atoms with Crippen molar-refractivity contribution in [3.63, 3.8) is 0 Å². The first-order valence-corrected chi connectivity index (χ1v) is 5.83. The Kier molecular flexibility index (Phi) is 2.77. The summed E-state index contributed by atoms with van der Waals surface area (Å²) in [7, 11) is 0. The number of phenols is 2. The maximum atomic E-state index is 13.5. The molecule has 0 heterocycles. The lowest BCUT2D eigenvalue weighted by Crippen LogP contribution is -2.42. The second-order valence-electron chi connectivity index (χ2n) is 4.16. The molecule has 92 valence electrons. The summed E-state index contributed by atoms with van der Waals surface area (Å²) in [6, 6.07) is 0.747. The lowest BCUT2D eigenvalue weighted by Gasteiger charge is -2.39. The molecular formula is C11H10BrFO4. The van der Waals surface area contributed by atoms with Gasteiger partial charge in [0.05, 0.1) is 9.89 Å². The van der Waals surface area contributed by atoms with Crippen molar-refractivity contribution in [2.75, 3.05) is 0 Å². The molecule has 6 heteroatoms. The lowest BCUT2D eigenvalue weighted by molar-refractivity contribution is -0.147. The van der Waals surface area contributed by atoms with E-state index in [2.05, 4.69) is 15.9 Å². The third kappa shape index (κ3) is 1.58. The number of aromatic hydroxyl groups is 2. The smallest absolute Gasteiger partial charge is 0.314 e. The Morgan fingerprint density at radius 1 is 1.41 bits per heavy atom. The van der Waals surface area contributed by atoms with E-state index in [4.69, 9.17) is 0 Å². The molecule has 2 rings (SSSR count). The summed E-state index contributed by atoms with van der Waals surface area (Å²) >= 11 is 2.93. The molecule has 3 N–H and O–H groups in total. The van der Waals surface area contributed by atoms with Gasteiger partial charge >= 0.3 is 5.97 Å². The van der Waals surface area contributed by atoms with Crippen molar-refractivity contribution in [2.24, 2.45) is 0 Å². The maximum Gasteiger partial charge on any atom is 0.314 e. The van der Waals surface area contributed by atoms with Crippen molar-refractivity contribution in [1.29, 1.82) is 0 Å². The van der Waals surface area contributed by atoms with E-state index < -0.39 is 28.7 Å². The molecule has 1 aromatic carbocycles. The van der Waals surface area contributed by atoms with Crippen LogP contribution < -0.4 is 0 Å². The monoisotopic (exact) mass is 304 g/mol. The number of hydrogen-bond donors (Lipinski definition) is 3. The van der Waals surface area contributed by atoms with E-state index in [0.717, 1.165) is 6.07 Å². The molecule has 1 aliphatic carbocycles. The summed E-state index contributed by atoms with van der Waals surface area (Å²) in [5.41, 5.74) is -1.38. The molecule has 1 saturated carbocycles. The molecule has 1 fully saturated rings. The van der Waals surface area contributed by atoms with Crippen LogP contribution in [0.3, 0.4) is 0 Å². The molecule has 0 aromatic heterocycles. The third-order valence-corrected chi connectivity index (χ3v) is 4.04. The second kappa shape index (κ2) is 3.87. The molecule has 0 radical (unpaired) electrons. The van der Waals surface area contributed by atoms with Crippen molar-refractivity contribution < 1.29 is 24.5 Å². The van der Waals surface area contributed by atoms with Gasteiger partial charge in [0.2, 0.25) is 0 Å². The fraction of sp³-hybridized carbons (Fsp3) is 0.364. The zero-order chi connectivity index (χ0) is 12.8. The first kappa shape index (κ1) is 12.2. The van der Waals surface area contributed by atoms with Gasteiger partial charge in [-0.25, -0.2) is 4.39 Å². The average Bonchev–Trinajstić information content (AvgIpc) is 2.18. The number of halogens is 2. The molecule has 0 saturated heterocycles. The fourth-order valence-electron chi connectivity index (χ4n) is 2.14. The molecule has 0 unspecified atom stereocenters. The van der Waals surface area contributed by atoms with Gasteiger partial charge in [0.1, 0.15) is 5.82 Å². The molecule has 1 aliphatic rings. The van der Waals surface area contributed by atoms with E-state index in [1.165, 1.54) is 0 Å². The maximum absolute atomic E-state index is 13.5. The highest BCUT2D eigenvalue weighted by molar-refractivity contribution is 9.10. The van der Waals surface area contributed by atoms with Crippen LogP contribution in [-0.2, 0) is 10.2 Å². The Bertz CT molecular complexity index is 470. The van der Waals surface area contributed by atoms with Gasteiger partial charge in [-0.15, -0.1) is 0 Å². The Balaban J connectivity index is 2.70. The van der Waals surface area contributed by atoms with Crippen LogP contribution in [0, 0.1) is 5.82 Å². The van der Waals surface area contributed by atoms with Crippen LogP contribution in [0.4, 0.5) is 4.39 Å². The van der Waals surface area contributed by atoms with E-state index in [1.54, 1.807) is 0 Å². The van der Waals surface area contributed by atoms with Crippen LogP contribution in [-0.4, -0.2) is 21.3 Å². The zero-order valence-corrected chi connectivity index (χ0v) is 10.3. The Hall–Kier alpha value is -1.30. The number of carbonyl (C=O) groups is 1. The first-order chi connectivity index (χ1) is 7.90. The topological polar surface area (TPSA) is 77.8 Å². The Morgan fingerprint density at radius 2 is 2.00 bits per heavy atom. The van der Waals surface area contributed by atoms with E-state index in [1.807, 2.05) is 0 Å². The third-order valence-electron chi connectivity index (χ3n) is 3.27. The van der Waals surface area contributed by atoms with Crippen LogP contribution in [0.2, 0.25) is 0 Å². The molecule has 0 spiro atoms. The molecule has 0 atom stereocenters. The van der Waals surface area contributed by atoms with Gasteiger partial charge in [-0.2, -0.15) is 0 Å². The number of benzene rings is 1. The van der Waals surface area contributed by atoms with Crippen molar-refractivity contribution >= 4 is 21.9 Å². The van der Waals surface area contributed by atoms with Crippen molar-refractivity contribution in [1.82, 2.24) is 0 Å². The summed E-state index contributed by atoms with van der Waals surface area (Å²) in [6.07, 6.45) is 1.32. The number of carboxylic acids is 1. The normalized spacial score (nSPS) is 17.5. The number of aliphatic carboxylic acids is 1. The molecule has 17 heavy (non-hydrogen) atoms. The van der Waals surface area contributed by atoms with Gasteiger partial charge in [-0.05, 0) is 28.8 Å². The van der Waals surface area contributed by atoms with Crippen LogP contribution in [0.5, 0.6) is 11.5 Å². The Morgan fingerprint density at radius 3 is 2.41 bits per heavy atom. The molecular weight excluding hydrogens is 295 g/mol. The standard InChI is InChI=1S/C11H10BrFO4/c12-8-5(13)4-6(14)9(15)7(8)11(10(16)17)2-1-3-11/h4,14-15H,1-3H2,(H,16,17). The number of rotatable bonds is 2. The molecule has 0 aliphatic heterocycles. The molecule has 0 amide bonds. The highest BCUT2D eigenvalue weighted by atomic mass is 79.9. The predicted octanol–water partition coefficient (Wildman–Crippen LogP) is 2.51. The zero-order valence-electron chi connectivity index (χ0n) is 8.70. The van der Waals surface area contributed by atoms with Crippen molar-refractivity contribution in [3.8, 4) is 11.5 Å². The summed E-state index contributed by atoms with van der Waals surface area (Å²) in [6.45, 7) is 0. The van der Waals surface area contributed by atoms with Gasteiger partial charge in [-0.3, -0.25) is 4.79 Å². The molecule has 1 aromatic rings. The van der Waals surface area contributed by atoms with Gasteiger partial charge in [0.15, 0.2) is 11.5 Å². The number of phenolic OH excluding ortho intramolecular Hbond substituents is 2. The summed E-state index contributed by atoms with van der Waals surface area (Å²) in [4.78, 5) is 11.3. The van der Waals surface area contributed by atoms with Gasteiger partial charge in [-0.1, -0.05) is 6.42 Å². The lowest BCUT2D eigenvalue weighted by atomic mass is 9.64. The van der Waals surface area contributed by atoms with Crippen LogP contribution in [0.15, 0.2) is 10.5 Å². The van der Waals surface area contributed by atoms with Gasteiger partial charge < -0.3 is 15.3 Å². The Labute approximate surface area is 105 Å². The van der Waals surface area contributed by atoms with Crippen molar-refractivity contribution in [3.05, 3.63) is 21.9 Å². The largest absolute Gasteiger partial charge is 0.504 e. The van der Waals surface area contributed by atoms with Crippen molar-refractivity contribution in [2.45, 2.75) is 24.7 Å². The van der Waals surface area contributed by atoms with E-state index in [-0.39, 0.29) is 10.0 Å². The molecule has 4 nitrogen and oxygen atoms in total. The quantitative estimate of drug-likeness (QED) is 0.734. The SMILES string of the molecule is O=C(O)C1(c2c(O)c(O)cc(F)c2Br)CCC1. The summed E-state index contributed by atoms with van der Waals surface area (Å²) in [5.74, 6) is -3.12. The summed E-state index contributed by atoms with van der Waals surface area (Å²) < 4.78 is 13.4. The van der Waals surface area contributed by atoms with E-state index in [9.17, 15) is 24.5 Å². The minimum Gasteiger partial charge on any atom is -0.504 e. The highest BCUT2D eigenvalue weighted by Crippen LogP contribution is 2.52. The summed E-state index contributed by atoms with van der Waals surface area (Å²) in [5, 5.41) is 28.3. The van der Waals surface area contributed by atoms with Gasteiger partial charge in [0, 0.05) is 11.6 Å². The first-order valence-electron chi connectivity index (χ1n) is 5.04. The predicted molar refractivity (Wildman–Crippen MR) is 60.6 cm³/mol. The van der Waals surface area contributed by atoms with Crippen LogP contribution in [0.25, 0.3) is 0 Å². The van der Waals surface area contributed by atoms with E-state index in [0.29, 0.717) is 19.3 Å². The van der Waals surface area contributed by atoms with Gasteiger partial charge in [0.25, 0.3) is 0 Å². The van der Waals surface area contributed by atoms with Crippen LogP contribution >= 0.6 is 15.9 Å². The van der Waals surface area contributed by atoms with Crippen LogP contribution in [0.1, 0.15) is 24.8 Å².